The first-order valence-electron chi connectivity index (χ1n) is 5.21. The van der Waals surface area contributed by atoms with Gasteiger partial charge in [-0.1, -0.05) is 0 Å². The zero-order valence-electron chi connectivity index (χ0n) is 9.24. The monoisotopic (exact) mass is 230 g/mol. The Morgan fingerprint density at radius 3 is 2.82 bits per heavy atom. The van der Waals surface area contributed by atoms with Gasteiger partial charge < -0.3 is 10.7 Å². The molecule has 0 saturated carbocycles. The second-order valence-corrected chi connectivity index (χ2v) is 3.99. The number of rotatable bonds is 1. The predicted molar refractivity (Wildman–Crippen MR) is 64.9 cm³/mol. The van der Waals surface area contributed by atoms with Crippen molar-refractivity contribution in [2.45, 2.75) is 0 Å². The van der Waals surface area contributed by atoms with Crippen molar-refractivity contribution < 1.29 is 4.39 Å². The molecule has 0 fully saturated rings. The Balaban J connectivity index is 2.17. The number of hydrogen-bond donors (Lipinski definition) is 2. The van der Waals surface area contributed by atoms with Gasteiger partial charge in [-0.3, -0.25) is 4.68 Å². The molecule has 0 spiro atoms. The molecule has 0 aliphatic carbocycles. The number of nitrogens with two attached hydrogens (primary N) is 1. The van der Waals surface area contributed by atoms with Gasteiger partial charge in [0.15, 0.2) is 0 Å². The molecule has 0 aliphatic rings. The molecule has 0 unspecified atom stereocenters. The number of hydrogen-bond acceptors (Lipinski definition) is 2. The minimum absolute atomic E-state index is 0.258. The zero-order chi connectivity index (χ0) is 12.0. The van der Waals surface area contributed by atoms with Gasteiger partial charge >= 0.3 is 0 Å². The standard InChI is InChI=1S/C12H11FN4/c1-17-12(14)6-11(16-17)10-4-7-2-3-8(13)5-9(7)15-10/h2-6,15H,14H2,1H3. The molecule has 17 heavy (non-hydrogen) atoms. The average molecular weight is 230 g/mol. The molecule has 1 aromatic carbocycles. The molecule has 3 rings (SSSR count). The summed E-state index contributed by atoms with van der Waals surface area (Å²) in [6.07, 6.45) is 0. The highest BCUT2D eigenvalue weighted by molar-refractivity contribution is 5.85. The van der Waals surface area contributed by atoms with Gasteiger partial charge in [-0.25, -0.2) is 4.39 Å². The number of aryl methyl sites for hydroxylation is 1. The summed E-state index contributed by atoms with van der Waals surface area (Å²) in [6, 6.07) is 8.34. The summed E-state index contributed by atoms with van der Waals surface area (Å²) < 4.78 is 14.7. The minimum atomic E-state index is -0.258. The van der Waals surface area contributed by atoms with Crippen LogP contribution in [0.5, 0.6) is 0 Å². The van der Waals surface area contributed by atoms with Crippen LogP contribution in [0.15, 0.2) is 30.3 Å². The molecule has 5 heteroatoms. The van der Waals surface area contributed by atoms with E-state index in [4.69, 9.17) is 5.73 Å². The number of aromatic amines is 1. The molecule has 3 N–H and O–H groups in total. The van der Waals surface area contributed by atoms with Crippen LogP contribution in [0.25, 0.3) is 22.3 Å². The SMILES string of the molecule is Cn1nc(-c2cc3ccc(F)cc3[nH]2)cc1N. The van der Waals surface area contributed by atoms with E-state index < -0.39 is 0 Å². The lowest BCUT2D eigenvalue weighted by Crippen LogP contribution is -1.96. The molecular formula is C12H11FN4. The van der Waals surface area contributed by atoms with Crippen molar-refractivity contribution in [3.8, 4) is 11.4 Å². The highest BCUT2D eigenvalue weighted by Gasteiger charge is 2.08. The van der Waals surface area contributed by atoms with Gasteiger partial charge in [0.2, 0.25) is 0 Å². The summed E-state index contributed by atoms with van der Waals surface area (Å²) in [5, 5.41) is 5.21. The molecule has 2 aromatic heterocycles. The third-order valence-corrected chi connectivity index (χ3v) is 2.78. The van der Waals surface area contributed by atoms with E-state index in [-0.39, 0.29) is 5.82 Å². The number of nitrogens with zero attached hydrogens (tertiary/aromatic N) is 2. The number of aromatic nitrogens is 3. The van der Waals surface area contributed by atoms with Crippen LogP contribution in [-0.4, -0.2) is 14.8 Å². The van der Waals surface area contributed by atoms with Gasteiger partial charge in [-0.15, -0.1) is 0 Å². The van der Waals surface area contributed by atoms with Gasteiger partial charge in [-0.2, -0.15) is 5.10 Å². The number of fused-ring (bicyclic) bond motifs is 1. The van der Waals surface area contributed by atoms with E-state index in [1.807, 2.05) is 6.07 Å². The van der Waals surface area contributed by atoms with Crippen LogP contribution >= 0.6 is 0 Å². The molecule has 3 aromatic rings. The highest BCUT2D eigenvalue weighted by atomic mass is 19.1. The Morgan fingerprint density at radius 2 is 2.12 bits per heavy atom. The lowest BCUT2D eigenvalue weighted by atomic mass is 10.2. The maximum Gasteiger partial charge on any atom is 0.125 e. The van der Waals surface area contributed by atoms with E-state index in [2.05, 4.69) is 10.1 Å². The molecule has 4 nitrogen and oxygen atoms in total. The Bertz CT molecular complexity index is 676. The minimum Gasteiger partial charge on any atom is -0.384 e. The van der Waals surface area contributed by atoms with Crippen LogP contribution in [0.2, 0.25) is 0 Å². The third kappa shape index (κ3) is 1.56. The normalized spacial score (nSPS) is 11.2. The Morgan fingerprint density at radius 1 is 1.29 bits per heavy atom. The fourth-order valence-corrected chi connectivity index (χ4v) is 1.85. The molecule has 0 bridgehead atoms. The third-order valence-electron chi connectivity index (χ3n) is 2.78. The Hall–Kier alpha value is -2.30. The number of benzene rings is 1. The smallest absolute Gasteiger partial charge is 0.125 e. The van der Waals surface area contributed by atoms with Crippen LogP contribution in [0.4, 0.5) is 10.2 Å². The van der Waals surface area contributed by atoms with Crippen molar-refractivity contribution in [3.05, 3.63) is 36.1 Å². The average Bonchev–Trinajstić information content (AvgIpc) is 2.83. The van der Waals surface area contributed by atoms with Gasteiger partial charge in [0.25, 0.3) is 0 Å². The fraction of sp³-hybridized carbons (Fsp3) is 0.0833. The highest BCUT2D eigenvalue weighted by Crippen LogP contribution is 2.24. The second kappa shape index (κ2) is 3.35. The van der Waals surface area contributed by atoms with E-state index in [0.29, 0.717) is 5.82 Å². The van der Waals surface area contributed by atoms with Gasteiger partial charge in [0, 0.05) is 24.0 Å². The van der Waals surface area contributed by atoms with Gasteiger partial charge in [0.1, 0.15) is 17.3 Å². The summed E-state index contributed by atoms with van der Waals surface area (Å²) in [5.74, 6) is 0.330. The molecule has 0 atom stereocenters. The lowest BCUT2D eigenvalue weighted by Gasteiger charge is -1.90. The number of nitrogens with one attached hydrogen (secondary N) is 1. The van der Waals surface area contributed by atoms with E-state index in [1.165, 1.54) is 12.1 Å². The van der Waals surface area contributed by atoms with E-state index in [0.717, 1.165) is 22.3 Å². The van der Waals surface area contributed by atoms with Gasteiger partial charge in [-0.05, 0) is 24.3 Å². The summed E-state index contributed by atoms with van der Waals surface area (Å²) >= 11 is 0. The van der Waals surface area contributed by atoms with Crippen molar-refractivity contribution in [2.24, 2.45) is 7.05 Å². The van der Waals surface area contributed by atoms with Crippen molar-refractivity contribution in [2.75, 3.05) is 5.73 Å². The zero-order valence-corrected chi connectivity index (χ0v) is 9.24. The van der Waals surface area contributed by atoms with Crippen LogP contribution in [-0.2, 0) is 7.05 Å². The van der Waals surface area contributed by atoms with E-state index >= 15 is 0 Å². The second-order valence-electron chi connectivity index (χ2n) is 3.99. The largest absolute Gasteiger partial charge is 0.384 e. The van der Waals surface area contributed by atoms with Crippen molar-refractivity contribution in [1.29, 1.82) is 0 Å². The topological polar surface area (TPSA) is 59.6 Å². The molecular weight excluding hydrogens is 219 g/mol. The molecule has 2 heterocycles. The van der Waals surface area contributed by atoms with Crippen molar-refractivity contribution in [1.82, 2.24) is 14.8 Å². The predicted octanol–water partition coefficient (Wildman–Crippen LogP) is 2.29. The van der Waals surface area contributed by atoms with Gasteiger partial charge in [0.05, 0.1) is 5.69 Å². The van der Waals surface area contributed by atoms with Crippen LogP contribution < -0.4 is 5.73 Å². The first kappa shape index (κ1) is 9.89. The Kier molecular flexibility index (Phi) is 1.95. The number of nitrogen functional groups attached to an aromatic ring is 1. The van der Waals surface area contributed by atoms with Crippen LogP contribution in [0.1, 0.15) is 0 Å². The Labute approximate surface area is 96.9 Å². The summed E-state index contributed by atoms with van der Waals surface area (Å²) in [7, 11) is 1.78. The summed E-state index contributed by atoms with van der Waals surface area (Å²) in [5.41, 5.74) is 8.06. The number of anilines is 1. The number of H-pyrrole nitrogens is 1. The molecule has 86 valence electrons. The van der Waals surface area contributed by atoms with Crippen molar-refractivity contribution >= 4 is 16.7 Å². The molecule has 0 aliphatic heterocycles. The van der Waals surface area contributed by atoms with Crippen LogP contribution in [0.3, 0.4) is 0 Å². The summed E-state index contributed by atoms with van der Waals surface area (Å²) in [4.78, 5) is 3.12. The molecule has 0 amide bonds. The summed E-state index contributed by atoms with van der Waals surface area (Å²) in [6.45, 7) is 0. The maximum atomic E-state index is 13.1. The van der Waals surface area contributed by atoms with Crippen LogP contribution in [0, 0.1) is 5.82 Å². The maximum absolute atomic E-state index is 13.1. The molecule has 0 radical (unpaired) electrons. The fourth-order valence-electron chi connectivity index (χ4n) is 1.85. The van der Waals surface area contributed by atoms with E-state index in [1.54, 1.807) is 23.9 Å². The number of halogens is 1. The first-order chi connectivity index (χ1) is 8.13. The first-order valence-corrected chi connectivity index (χ1v) is 5.21. The van der Waals surface area contributed by atoms with E-state index in [9.17, 15) is 4.39 Å². The quantitative estimate of drug-likeness (QED) is 0.673. The lowest BCUT2D eigenvalue weighted by molar-refractivity contribution is 0.629. The molecule has 0 saturated heterocycles. The van der Waals surface area contributed by atoms with Crippen molar-refractivity contribution in [3.63, 3.8) is 0 Å².